The maximum Gasteiger partial charge on any atom is 0.489 e. The van der Waals surface area contributed by atoms with Gasteiger partial charge in [0.25, 0.3) is 11.6 Å². The van der Waals surface area contributed by atoms with Gasteiger partial charge in [0.1, 0.15) is 0 Å². The summed E-state index contributed by atoms with van der Waals surface area (Å²) in [5, 5.41) is 20.9. The molecule has 0 aromatic heterocycles. The third kappa shape index (κ3) is 1.50. The van der Waals surface area contributed by atoms with Gasteiger partial charge in [0.2, 0.25) is 0 Å². The molecule has 2 aromatic carbocycles. The van der Waals surface area contributed by atoms with Gasteiger partial charge in [-0.15, -0.1) is 0 Å². The van der Waals surface area contributed by atoms with Gasteiger partial charge >= 0.3 is 7.12 Å². The molecule has 5 rings (SSSR count). The monoisotopic (exact) mass is 314 g/mol. The van der Waals surface area contributed by atoms with Crippen molar-refractivity contribution in [1.29, 1.82) is 0 Å². The highest BCUT2D eigenvalue weighted by Gasteiger charge is 2.67. The molecule has 118 valence electrons. The van der Waals surface area contributed by atoms with Crippen LogP contribution in [0.5, 0.6) is 0 Å². The van der Waals surface area contributed by atoms with E-state index in [4.69, 9.17) is 18.9 Å². The van der Waals surface area contributed by atoms with Crippen LogP contribution < -0.4 is 5.46 Å². The first kappa shape index (κ1) is 13.9. The van der Waals surface area contributed by atoms with Crippen LogP contribution in [-0.4, -0.2) is 43.6 Å². The average Bonchev–Trinajstić information content (AvgIpc) is 3.27. The molecule has 0 saturated carbocycles. The fourth-order valence-corrected chi connectivity index (χ4v) is 4.07. The Hall–Kier alpha value is -1.48. The molecular formula is C16H15BO6. The summed E-state index contributed by atoms with van der Waals surface area (Å²) in [7, 11) is -1.55. The van der Waals surface area contributed by atoms with Crippen LogP contribution in [0.2, 0.25) is 0 Å². The summed E-state index contributed by atoms with van der Waals surface area (Å²) in [6.45, 7) is 1.81. The van der Waals surface area contributed by atoms with E-state index in [2.05, 4.69) is 0 Å². The second-order valence-electron chi connectivity index (χ2n) is 5.93. The number of rotatable bonds is 1. The van der Waals surface area contributed by atoms with Gasteiger partial charge in [-0.1, -0.05) is 30.3 Å². The van der Waals surface area contributed by atoms with Gasteiger partial charge in [0.15, 0.2) is 0 Å². The summed E-state index contributed by atoms with van der Waals surface area (Å²) in [4.78, 5) is 0. The van der Waals surface area contributed by atoms with Gasteiger partial charge in [0.05, 0.1) is 26.4 Å². The Balaban J connectivity index is 1.89. The van der Waals surface area contributed by atoms with E-state index >= 15 is 0 Å². The number of benzene rings is 2. The molecule has 0 bridgehead atoms. The largest absolute Gasteiger partial charge is 0.489 e. The molecule has 6 nitrogen and oxygen atoms in total. The van der Waals surface area contributed by atoms with Crippen molar-refractivity contribution in [2.45, 2.75) is 11.6 Å². The lowest BCUT2D eigenvalue weighted by Gasteiger charge is -2.37. The molecule has 0 unspecified atom stereocenters. The van der Waals surface area contributed by atoms with Gasteiger partial charge in [-0.2, -0.15) is 0 Å². The number of hydrogen-bond donors (Lipinski definition) is 2. The fraction of sp³-hybridized carbons (Fsp3) is 0.375. The molecule has 23 heavy (non-hydrogen) atoms. The predicted molar refractivity (Wildman–Crippen MR) is 80.9 cm³/mol. The highest BCUT2D eigenvalue weighted by molar-refractivity contribution is 6.62. The van der Waals surface area contributed by atoms with Crippen LogP contribution in [0.25, 0.3) is 10.8 Å². The Labute approximate surface area is 132 Å². The molecule has 3 aliphatic rings. The molecule has 2 aromatic rings. The van der Waals surface area contributed by atoms with Crippen molar-refractivity contribution in [2.24, 2.45) is 0 Å². The van der Waals surface area contributed by atoms with E-state index in [1.165, 1.54) is 0 Å². The van der Waals surface area contributed by atoms with E-state index in [1.807, 2.05) is 24.3 Å². The van der Waals surface area contributed by atoms with E-state index in [1.54, 1.807) is 6.07 Å². The van der Waals surface area contributed by atoms with Crippen molar-refractivity contribution in [2.75, 3.05) is 26.4 Å². The molecule has 2 aliphatic heterocycles. The Morgan fingerprint density at radius 3 is 1.91 bits per heavy atom. The Morgan fingerprint density at radius 2 is 1.35 bits per heavy atom. The molecule has 0 amide bonds. The second kappa shape index (κ2) is 4.54. The van der Waals surface area contributed by atoms with Gasteiger partial charge < -0.3 is 29.0 Å². The maximum atomic E-state index is 9.67. The number of hydrogen-bond acceptors (Lipinski definition) is 6. The first-order valence-corrected chi connectivity index (χ1v) is 7.68. The van der Waals surface area contributed by atoms with Crippen LogP contribution in [0.3, 0.4) is 0 Å². The molecule has 0 radical (unpaired) electrons. The minimum atomic E-state index is -1.55. The van der Waals surface area contributed by atoms with Gasteiger partial charge in [0, 0.05) is 11.1 Å². The zero-order chi connectivity index (χ0) is 15.7. The van der Waals surface area contributed by atoms with Gasteiger partial charge in [-0.25, -0.2) is 0 Å². The molecule has 7 heteroatoms. The Kier molecular flexibility index (Phi) is 2.75. The highest BCUT2D eigenvalue weighted by Crippen LogP contribution is 2.59. The van der Waals surface area contributed by atoms with Crippen molar-refractivity contribution in [1.82, 2.24) is 0 Å². The van der Waals surface area contributed by atoms with E-state index in [-0.39, 0.29) is 0 Å². The lowest BCUT2D eigenvalue weighted by molar-refractivity contribution is -0.359. The third-order valence-electron chi connectivity index (χ3n) is 4.88. The summed E-state index contributed by atoms with van der Waals surface area (Å²) in [5.74, 6) is -2.27. The molecular weight excluding hydrogens is 299 g/mol. The molecule has 2 saturated heterocycles. The summed E-state index contributed by atoms with van der Waals surface area (Å²) < 4.78 is 24.1. The highest BCUT2D eigenvalue weighted by atomic mass is 16.8. The Morgan fingerprint density at radius 1 is 0.783 bits per heavy atom. The third-order valence-corrected chi connectivity index (χ3v) is 4.88. The SMILES string of the molecule is OB(O)c1ccc2c3c(cccc13)C1(OCCO1)C21OCCO1. The van der Waals surface area contributed by atoms with E-state index in [9.17, 15) is 10.0 Å². The standard InChI is InChI=1S/C16H15BO6/c18-17(19)13-5-4-12-14-10(13)2-1-3-11(14)15(20-6-7-21-15)16(12)22-8-9-23-16/h1-5,18-19H,6-9H2. The van der Waals surface area contributed by atoms with Gasteiger partial charge in [-0.05, 0) is 16.2 Å². The second-order valence-corrected chi connectivity index (χ2v) is 5.93. The maximum absolute atomic E-state index is 9.67. The summed E-state index contributed by atoms with van der Waals surface area (Å²) in [6.07, 6.45) is 0. The lowest BCUT2D eigenvalue weighted by atomic mass is 9.76. The number of fused-ring (bicyclic) bond motifs is 3. The molecule has 2 N–H and O–H groups in total. The van der Waals surface area contributed by atoms with Crippen molar-refractivity contribution < 1.29 is 29.0 Å². The first-order valence-electron chi connectivity index (χ1n) is 7.68. The van der Waals surface area contributed by atoms with Crippen molar-refractivity contribution in [3.8, 4) is 0 Å². The van der Waals surface area contributed by atoms with Crippen LogP contribution >= 0.6 is 0 Å². The fourth-order valence-electron chi connectivity index (χ4n) is 4.07. The lowest BCUT2D eigenvalue weighted by Crippen LogP contribution is -2.48. The van der Waals surface area contributed by atoms with Crippen LogP contribution in [-0.2, 0) is 30.5 Å². The van der Waals surface area contributed by atoms with Gasteiger partial charge in [-0.3, -0.25) is 0 Å². The minimum absolute atomic E-state index is 0.439. The molecule has 1 aliphatic carbocycles. The van der Waals surface area contributed by atoms with Crippen LogP contribution in [0.4, 0.5) is 0 Å². The molecule has 2 fully saturated rings. The van der Waals surface area contributed by atoms with E-state index < -0.39 is 18.7 Å². The van der Waals surface area contributed by atoms with Crippen LogP contribution in [0.15, 0.2) is 30.3 Å². The number of ether oxygens (including phenoxy) is 4. The zero-order valence-electron chi connectivity index (χ0n) is 12.3. The van der Waals surface area contributed by atoms with Crippen molar-refractivity contribution in [3.63, 3.8) is 0 Å². The first-order chi connectivity index (χ1) is 11.2. The average molecular weight is 314 g/mol. The molecule has 0 atom stereocenters. The topological polar surface area (TPSA) is 77.4 Å². The molecule has 2 heterocycles. The predicted octanol–water partition coefficient (Wildman–Crippen LogP) is -0.0676. The summed E-state index contributed by atoms with van der Waals surface area (Å²) in [6, 6.07) is 9.13. The normalized spacial score (nSPS) is 23.4. The Bertz CT molecular complexity index is 764. The summed E-state index contributed by atoms with van der Waals surface area (Å²) in [5.41, 5.74) is 2.06. The van der Waals surface area contributed by atoms with Crippen molar-refractivity contribution in [3.05, 3.63) is 41.5 Å². The quantitative estimate of drug-likeness (QED) is 0.718. The van der Waals surface area contributed by atoms with E-state index in [0.29, 0.717) is 31.9 Å². The molecule has 2 spiro atoms. The van der Waals surface area contributed by atoms with E-state index in [0.717, 1.165) is 21.9 Å². The zero-order valence-corrected chi connectivity index (χ0v) is 12.3. The minimum Gasteiger partial charge on any atom is -0.423 e. The summed E-state index contributed by atoms with van der Waals surface area (Å²) >= 11 is 0. The van der Waals surface area contributed by atoms with Crippen molar-refractivity contribution >= 4 is 23.4 Å². The van der Waals surface area contributed by atoms with Crippen LogP contribution in [0, 0.1) is 0 Å². The smallest absolute Gasteiger partial charge is 0.423 e. The van der Waals surface area contributed by atoms with Crippen LogP contribution in [0.1, 0.15) is 11.1 Å².